The second kappa shape index (κ2) is 6.02. The van der Waals surface area contributed by atoms with Crippen LogP contribution in [-0.2, 0) is 0 Å². The minimum absolute atomic E-state index is 0.308. The molecule has 0 aromatic carbocycles. The molecule has 0 aliphatic rings. The van der Waals surface area contributed by atoms with Crippen LogP contribution in [0.4, 0.5) is 0 Å². The molecule has 0 aromatic rings. The van der Waals surface area contributed by atoms with E-state index < -0.39 is 0 Å². The Morgan fingerprint density at radius 2 is 2.10 bits per heavy atom. The highest BCUT2D eigenvalue weighted by Gasteiger charge is 2.12. The molecule has 0 bridgehead atoms. The monoisotopic (exact) mass is 221 g/mol. The number of nitrogens with zero attached hydrogens (tertiary/aromatic N) is 1. The van der Waals surface area contributed by atoms with Gasteiger partial charge in [0, 0.05) is 4.83 Å². The van der Waals surface area contributed by atoms with Gasteiger partial charge < -0.3 is 0 Å². The van der Waals surface area contributed by atoms with Crippen LogP contribution in [0.3, 0.4) is 0 Å². The van der Waals surface area contributed by atoms with E-state index in [-0.39, 0.29) is 0 Å². The van der Waals surface area contributed by atoms with Crippen molar-refractivity contribution in [2.75, 3.05) is 0 Å². The predicted octanol–water partition coefficient (Wildman–Crippen LogP) is 3.04. The van der Waals surface area contributed by atoms with Crippen molar-refractivity contribution in [3.8, 4) is 0 Å². The highest BCUT2D eigenvalue weighted by atomic mass is 79.9. The molecule has 0 unspecified atom stereocenters. The highest BCUT2D eigenvalue weighted by molar-refractivity contribution is 9.09. The number of aliphatic imine (C=N–C) groups is 1. The summed E-state index contributed by atoms with van der Waals surface area (Å²) in [6.07, 6.45) is 2.10. The summed E-state index contributed by atoms with van der Waals surface area (Å²) in [6.45, 7) is 4.23. The molecule has 0 saturated carbocycles. The Labute approximate surface area is 76.1 Å². The highest BCUT2D eigenvalue weighted by Crippen LogP contribution is 2.15. The zero-order valence-electron chi connectivity index (χ0n) is 6.30. The molecule has 3 heteroatoms. The summed E-state index contributed by atoms with van der Waals surface area (Å²) in [5.41, 5.74) is 0. The van der Waals surface area contributed by atoms with Gasteiger partial charge in [-0.05, 0) is 25.1 Å². The molecule has 0 aromatic heterocycles. The summed E-state index contributed by atoms with van der Waals surface area (Å²) in [6, 6.07) is 0.308. The average Bonchev–Trinajstić information content (AvgIpc) is 1.99. The van der Waals surface area contributed by atoms with Crippen LogP contribution < -0.4 is 0 Å². The molecular weight excluding hydrogens is 210 g/mol. The Bertz CT molecular complexity index is 132. The van der Waals surface area contributed by atoms with Crippen molar-refractivity contribution in [2.24, 2.45) is 4.99 Å². The lowest BCUT2D eigenvalue weighted by Crippen LogP contribution is -2.15. The van der Waals surface area contributed by atoms with E-state index in [0.717, 1.165) is 12.8 Å². The lowest BCUT2D eigenvalue weighted by Gasteiger charge is -2.12. The molecule has 0 heterocycles. The molecule has 0 saturated heterocycles. The third-order valence-electron chi connectivity index (χ3n) is 1.44. The van der Waals surface area contributed by atoms with E-state index >= 15 is 0 Å². The standard InChI is InChI=1S/C7H12BrNS/c1-3-6(8)7(4-2)9-5-10/h6-7H,3-4H2,1-2H3/t6-,7-/m1/s1. The quantitative estimate of drug-likeness (QED) is 0.404. The van der Waals surface area contributed by atoms with Gasteiger partial charge in [-0.1, -0.05) is 29.8 Å². The van der Waals surface area contributed by atoms with Gasteiger partial charge in [-0.3, -0.25) is 0 Å². The number of isothiocyanates is 1. The molecule has 0 amide bonds. The normalized spacial score (nSPS) is 15.5. The van der Waals surface area contributed by atoms with Gasteiger partial charge in [-0.15, -0.1) is 0 Å². The summed E-state index contributed by atoms with van der Waals surface area (Å²) in [4.78, 5) is 4.48. The third kappa shape index (κ3) is 3.45. The largest absolute Gasteiger partial charge is 0.228 e. The Morgan fingerprint density at radius 1 is 1.50 bits per heavy atom. The molecule has 0 N–H and O–H groups in total. The molecule has 2 atom stereocenters. The van der Waals surface area contributed by atoms with Gasteiger partial charge in [0.1, 0.15) is 0 Å². The molecule has 0 rings (SSSR count). The Kier molecular flexibility index (Phi) is 6.19. The lowest BCUT2D eigenvalue weighted by atomic mass is 10.1. The molecule has 0 aliphatic carbocycles. The fraction of sp³-hybridized carbons (Fsp3) is 0.857. The maximum Gasteiger partial charge on any atom is 0.0724 e. The summed E-state index contributed by atoms with van der Waals surface area (Å²) in [5, 5.41) is 2.41. The van der Waals surface area contributed by atoms with Gasteiger partial charge in [-0.2, -0.15) is 0 Å². The Balaban J connectivity index is 3.91. The molecule has 0 spiro atoms. The molecule has 0 aliphatic heterocycles. The van der Waals surface area contributed by atoms with Crippen LogP contribution in [0.5, 0.6) is 0 Å². The van der Waals surface area contributed by atoms with Crippen LogP contribution in [-0.4, -0.2) is 16.0 Å². The van der Waals surface area contributed by atoms with Crippen LogP contribution in [0, 0.1) is 0 Å². The van der Waals surface area contributed by atoms with Crippen LogP contribution >= 0.6 is 28.1 Å². The average molecular weight is 222 g/mol. The van der Waals surface area contributed by atoms with Crippen molar-refractivity contribution in [3.63, 3.8) is 0 Å². The van der Waals surface area contributed by atoms with Crippen molar-refractivity contribution in [2.45, 2.75) is 37.6 Å². The van der Waals surface area contributed by atoms with E-state index in [1.165, 1.54) is 0 Å². The van der Waals surface area contributed by atoms with Gasteiger partial charge >= 0.3 is 0 Å². The van der Waals surface area contributed by atoms with Gasteiger partial charge in [0.05, 0.1) is 11.2 Å². The zero-order chi connectivity index (χ0) is 7.98. The first-order valence-corrected chi connectivity index (χ1v) is 4.79. The molecule has 0 radical (unpaired) electrons. The first kappa shape index (κ1) is 10.3. The molecule has 1 nitrogen and oxygen atoms in total. The van der Waals surface area contributed by atoms with Crippen LogP contribution in [0.25, 0.3) is 0 Å². The van der Waals surface area contributed by atoms with Gasteiger partial charge in [0.15, 0.2) is 0 Å². The van der Waals surface area contributed by atoms with Crippen molar-refractivity contribution in [1.82, 2.24) is 0 Å². The number of thiocarbonyl (C=S) groups is 1. The summed E-state index contributed by atoms with van der Waals surface area (Å²) < 4.78 is 0. The van der Waals surface area contributed by atoms with E-state index in [1.54, 1.807) is 0 Å². The van der Waals surface area contributed by atoms with Gasteiger partial charge in [0.2, 0.25) is 0 Å². The fourth-order valence-corrected chi connectivity index (χ4v) is 1.40. The number of halogens is 1. The number of hydrogen-bond donors (Lipinski definition) is 0. The fourth-order valence-electron chi connectivity index (χ4n) is 0.768. The first-order chi connectivity index (χ1) is 4.76. The summed E-state index contributed by atoms with van der Waals surface area (Å²) in [5.74, 6) is 0. The summed E-state index contributed by atoms with van der Waals surface area (Å²) >= 11 is 8.05. The van der Waals surface area contributed by atoms with E-state index in [9.17, 15) is 0 Å². The Hall–Kier alpha value is 0.280. The van der Waals surface area contributed by atoms with Crippen LogP contribution in [0.15, 0.2) is 4.99 Å². The van der Waals surface area contributed by atoms with Crippen LogP contribution in [0.1, 0.15) is 26.7 Å². The van der Waals surface area contributed by atoms with Crippen molar-refractivity contribution >= 4 is 33.3 Å². The van der Waals surface area contributed by atoms with Crippen LogP contribution in [0.2, 0.25) is 0 Å². The SMILES string of the molecule is CC[C@@H](Br)[C@@H](CC)N=C=S. The lowest BCUT2D eigenvalue weighted by molar-refractivity contribution is 0.615. The van der Waals surface area contributed by atoms with E-state index in [0.29, 0.717) is 10.9 Å². The van der Waals surface area contributed by atoms with Crippen molar-refractivity contribution < 1.29 is 0 Å². The van der Waals surface area contributed by atoms with Crippen molar-refractivity contribution in [3.05, 3.63) is 0 Å². The number of hydrogen-bond acceptors (Lipinski definition) is 2. The second-order valence-electron chi connectivity index (χ2n) is 2.12. The topological polar surface area (TPSA) is 12.4 Å². The first-order valence-electron chi connectivity index (χ1n) is 3.47. The maximum absolute atomic E-state index is 4.52. The third-order valence-corrected chi connectivity index (χ3v) is 2.81. The predicted molar refractivity (Wildman–Crippen MR) is 52.1 cm³/mol. The molecule has 10 heavy (non-hydrogen) atoms. The van der Waals surface area contributed by atoms with Gasteiger partial charge in [-0.25, -0.2) is 4.99 Å². The van der Waals surface area contributed by atoms with E-state index in [2.05, 4.69) is 52.1 Å². The van der Waals surface area contributed by atoms with Crippen molar-refractivity contribution in [1.29, 1.82) is 0 Å². The molecule has 58 valence electrons. The smallest absolute Gasteiger partial charge is 0.0724 e. The maximum atomic E-state index is 4.52. The second-order valence-corrected chi connectivity index (χ2v) is 3.48. The number of rotatable bonds is 4. The summed E-state index contributed by atoms with van der Waals surface area (Å²) in [7, 11) is 0. The zero-order valence-corrected chi connectivity index (χ0v) is 8.70. The van der Waals surface area contributed by atoms with E-state index in [4.69, 9.17) is 0 Å². The van der Waals surface area contributed by atoms with E-state index in [1.807, 2.05) is 0 Å². The molecular formula is C7H12BrNS. The molecule has 0 fully saturated rings. The Morgan fingerprint density at radius 3 is 2.40 bits per heavy atom. The minimum atomic E-state index is 0.308. The number of alkyl halides is 1. The minimum Gasteiger partial charge on any atom is -0.228 e. The van der Waals surface area contributed by atoms with Gasteiger partial charge in [0.25, 0.3) is 0 Å².